The first-order chi connectivity index (χ1) is 9.81. The van der Waals surface area contributed by atoms with Crippen molar-refractivity contribution in [1.82, 2.24) is 25.1 Å². The summed E-state index contributed by atoms with van der Waals surface area (Å²) >= 11 is 0. The molecule has 0 unspecified atom stereocenters. The minimum absolute atomic E-state index is 0.565. The second kappa shape index (κ2) is 6.00. The molecule has 6 nitrogen and oxygen atoms in total. The number of nitrogens with one attached hydrogen (secondary N) is 1. The van der Waals surface area contributed by atoms with Crippen LogP contribution in [0.2, 0.25) is 0 Å². The predicted octanol–water partition coefficient (Wildman–Crippen LogP) is 0.969. The van der Waals surface area contributed by atoms with Gasteiger partial charge in [-0.25, -0.2) is 9.97 Å². The maximum atomic E-state index is 4.31. The lowest BCUT2D eigenvalue weighted by molar-refractivity contribution is 0.411. The van der Waals surface area contributed by atoms with Gasteiger partial charge < -0.3 is 10.2 Å². The summed E-state index contributed by atoms with van der Waals surface area (Å²) in [5, 5.41) is 7.79. The van der Waals surface area contributed by atoms with Crippen LogP contribution in [0.25, 0.3) is 0 Å². The molecule has 6 heteroatoms. The minimum atomic E-state index is 0.565. The Balaban J connectivity index is 1.47. The maximum absolute atomic E-state index is 4.31. The Kier molecular flexibility index (Phi) is 3.92. The average Bonchev–Trinajstić information content (AvgIpc) is 2.92. The highest BCUT2D eigenvalue weighted by atomic mass is 15.3. The Morgan fingerprint density at radius 2 is 2.00 bits per heavy atom. The molecule has 106 valence electrons. The van der Waals surface area contributed by atoms with Crippen molar-refractivity contribution in [3.05, 3.63) is 36.4 Å². The summed E-state index contributed by atoms with van der Waals surface area (Å²) in [6.07, 6.45) is 9.82. The monoisotopic (exact) mass is 272 g/mol. The number of nitrogens with zero attached hydrogens (tertiary/aromatic N) is 5. The fourth-order valence-electron chi connectivity index (χ4n) is 2.56. The molecule has 0 radical (unpaired) electrons. The first-order valence-electron chi connectivity index (χ1n) is 7.04. The predicted molar refractivity (Wildman–Crippen MR) is 77.3 cm³/mol. The molecule has 2 aromatic rings. The Hall–Kier alpha value is -1.95. The molecule has 3 rings (SSSR count). The van der Waals surface area contributed by atoms with E-state index in [0.717, 1.165) is 38.4 Å². The molecule has 1 aliphatic heterocycles. The van der Waals surface area contributed by atoms with Crippen molar-refractivity contribution in [1.29, 1.82) is 0 Å². The van der Waals surface area contributed by atoms with Gasteiger partial charge in [0.2, 0.25) is 5.95 Å². The molecule has 0 aromatic carbocycles. The zero-order valence-corrected chi connectivity index (χ0v) is 11.7. The van der Waals surface area contributed by atoms with Gasteiger partial charge >= 0.3 is 0 Å². The molecule has 3 heterocycles. The lowest BCUT2D eigenvalue weighted by Gasteiger charge is -2.32. The van der Waals surface area contributed by atoms with Crippen LogP contribution in [-0.2, 0) is 13.6 Å². The molecule has 20 heavy (non-hydrogen) atoms. The normalized spacial score (nSPS) is 16.6. The van der Waals surface area contributed by atoms with Gasteiger partial charge in [0.15, 0.2) is 0 Å². The van der Waals surface area contributed by atoms with Crippen molar-refractivity contribution < 1.29 is 0 Å². The smallest absolute Gasteiger partial charge is 0.225 e. The lowest BCUT2D eigenvalue weighted by atomic mass is 10.1. The van der Waals surface area contributed by atoms with Crippen LogP contribution in [-0.4, -0.2) is 38.9 Å². The minimum Gasteiger partial charge on any atom is -0.341 e. The fraction of sp³-hybridized carbons (Fsp3) is 0.500. The van der Waals surface area contributed by atoms with Crippen molar-refractivity contribution in [3.63, 3.8) is 0 Å². The number of aromatic nitrogens is 4. The zero-order chi connectivity index (χ0) is 13.8. The van der Waals surface area contributed by atoms with Crippen LogP contribution < -0.4 is 10.2 Å². The highest BCUT2D eigenvalue weighted by Crippen LogP contribution is 2.15. The third-order valence-electron chi connectivity index (χ3n) is 3.68. The Bertz CT molecular complexity index is 530. The number of piperidine rings is 1. The van der Waals surface area contributed by atoms with E-state index in [9.17, 15) is 0 Å². The summed E-state index contributed by atoms with van der Waals surface area (Å²) in [6, 6.07) is 2.42. The summed E-state index contributed by atoms with van der Waals surface area (Å²) in [4.78, 5) is 10.9. The summed E-state index contributed by atoms with van der Waals surface area (Å²) in [6.45, 7) is 2.91. The van der Waals surface area contributed by atoms with E-state index in [1.807, 2.05) is 24.0 Å². The molecule has 1 N–H and O–H groups in total. The molecule has 0 aliphatic carbocycles. The topological polar surface area (TPSA) is 58.9 Å². The van der Waals surface area contributed by atoms with Crippen molar-refractivity contribution in [2.45, 2.75) is 25.4 Å². The Labute approximate surface area is 118 Å². The summed E-state index contributed by atoms with van der Waals surface area (Å²) in [5.41, 5.74) is 1.24. The maximum Gasteiger partial charge on any atom is 0.225 e. The largest absolute Gasteiger partial charge is 0.341 e. The van der Waals surface area contributed by atoms with Crippen LogP contribution in [0.15, 0.2) is 30.9 Å². The highest BCUT2D eigenvalue weighted by Gasteiger charge is 2.20. The van der Waals surface area contributed by atoms with Crippen LogP contribution in [0.4, 0.5) is 5.95 Å². The third-order valence-corrected chi connectivity index (χ3v) is 3.68. The first-order valence-corrected chi connectivity index (χ1v) is 7.04. The molecule has 0 spiro atoms. The number of anilines is 1. The SMILES string of the molecule is Cn1cc(CNC2CCN(c3ncccn3)CC2)cn1. The van der Waals surface area contributed by atoms with E-state index < -0.39 is 0 Å². The molecule has 0 amide bonds. The summed E-state index contributed by atoms with van der Waals surface area (Å²) < 4.78 is 1.84. The number of hydrogen-bond donors (Lipinski definition) is 1. The molecule has 1 saturated heterocycles. The lowest BCUT2D eigenvalue weighted by Crippen LogP contribution is -2.42. The summed E-state index contributed by atoms with van der Waals surface area (Å²) in [7, 11) is 1.95. The van der Waals surface area contributed by atoms with Gasteiger partial charge in [-0.05, 0) is 18.9 Å². The van der Waals surface area contributed by atoms with Gasteiger partial charge in [-0.2, -0.15) is 5.10 Å². The van der Waals surface area contributed by atoms with Gasteiger partial charge in [-0.15, -0.1) is 0 Å². The van der Waals surface area contributed by atoms with Gasteiger partial charge in [-0.1, -0.05) is 0 Å². The van der Waals surface area contributed by atoms with Crippen molar-refractivity contribution in [3.8, 4) is 0 Å². The first kappa shape index (κ1) is 13.1. The van der Waals surface area contributed by atoms with Crippen LogP contribution in [0.1, 0.15) is 18.4 Å². The zero-order valence-electron chi connectivity index (χ0n) is 11.7. The molecular formula is C14H20N6. The van der Waals surface area contributed by atoms with E-state index in [1.165, 1.54) is 5.56 Å². The van der Waals surface area contributed by atoms with Crippen molar-refractivity contribution in [2.75, 3.05) is 18.0 Å². The van der Waals surface area contributed by atoms with Crippen LogP contribution in [0, 0.1) is 0 Å². The Morgan fingerprint density at radius 3 is 2.65 bits per heavy atom. The van der Waals surface area contributed by atoms with Crippen molar-refractivity contribution in [2.24, 2.45) is 7.05 Å². The molecule has 0 bridgehead atoms. The van der Waals surface area contributed by atoms with E-state index in [1.54, 1.807) is 12.4 Å². The van der Waals surface area contributed by atoms with Gasteiger partial charge in [-0.3, -0.25) is 4.68 Å². The van der Waals surface area contributed by atoms with Gasteiger partial charge in [0.25, 0.3) is 0 Å². The highest BCUT2D eigenvalue weighted by molar-refractivity contribution is 5.29. The molecule has 0 saturated carbocycles. The van der Waals surface area contributed by atoms with E-state index in [2.05, 4.69) is 31.5 Å². The number of aryl methyl sites for hydroxylation is 1. The quantitative estimate of drug-likeness (QED) is 0.898. The van der Waals surface area contributed by atoms with E-state index >= 15 is 0 Å². The van der Waals surface area contributed by atoms with E-state index in [4.69, 9.17) is 0 Å². The number of rotatable bonds is 4. The average molecular weight is 272 g/mol. The number of hydrogen-bond acceptors (Lipinski definition) is 5. The standard InChI is InChI=1S/C14H20N6/c1-19-11-12(10-18-19)9-17-13-3-7-20(8-4-13)14-15-5-2-6-16-14/h2,5-6,10-11,13,17H,3-4,7-9H2,1H3. The molecule has 1 aliphatic rings. The van der Waals surface area contributed by atoms with Gasteiger partial charge in [0.05, 0.1) is 6.20 Å². The van der Waals surface area contributed by atoms with Gasteiger partial charge in [0, 0.05) is 56.9 Å². The Morgan fingerprint density at radius 1 is 1.25 bits per heavy atom. The van der Waals surface area contributed by atoms with Crippen LogP contribution >= 0.6 is 0 Å². The van der Waals surface area contributed by atoms with Crippen molar-refractivity contribution >= 4 is 5.95 Å². The summed E-state index contributed by atoms with van der Waals surface area (Å²) in [5.74, 6) is 0.846. The molecule has 2 aromatic heterocycles. The van der Waals surface area contributed by atoms with Gasteiger partial charge in [0.1, 0.15) is 0 Å². The van der Waals surface area contributed by atoms with E-state index in [0.29, 0.717) is 6.04 Å². The van der Waals surface area contributed by atoms with E-state index in [-0.39, 0.29) is 0 Å². The third kappa shape index (κ3) is 3.14. The second-order valence-corrected chi connectivity index (χ2v) is 5.21. The fourth-order valence-corrected chi connectivity index (χ4v) is 2.56. The molecule has 1 fully saturated rings. The van der Waals surface area contributed by atoms with Crippen LogP contribution in [0.5, 0.6) is 0 Å². The molecular weight excluding hydrogens is 252 g/mol. The van der Waals surface area contributed by atoms with Crippen LogP contribution in [0.3, 0.4) is 0 Å². The molecule has 0 atom stereocenters. The second-order valence-electron chi connectivity index (χ2n) is 5.21.